The fourth-order valence-electron chi connectivity index (χ4n) is 1.76. The van der Waals surface area contributed by atoms with Crippen LogP contribution in [0.2, 0.25) is 0 Å². The first kappa shape index (κ1) is 10.3. The van der Waals surface area contributed by atoms with E-state index in [-0.39, 0.29) is 6.10 Å². The Morgan fingerprint density at radius 1 is 1.27 bits per heavy atom. The molecule has 0 unspecified atom stereocenters. The minimum Gasteiger partial charge on any atom is -0.493 e. The predicted octanol–water partition coefficient (Wildman–Crippen LogP) is 1.87. The van der Waals surface area contributed by atoms with Crippen LogP contribution in [0.3, 0.4) is 0 Å². The number of benzene rings is 1. The van der Waals surface area contributed by atoms with Crippen LogP contribution in [0.25, 0.3) is 0 Å². The zero-order valence-electron chi connectivity index (χ0n) is 9.19. The molecule has 3 heteroatoms. The van der Waals surface area contributed by atoms with Crippen molar-refractivity contribution in [3.63, 3.8) is 0 Å². The van der Waals surface area contributed by atoms with E-state index in [9.17, 15) is 0 Å². The summed E-state index contributed by atoms with van der Waals surface area (Å²) in [6.45, 7) is 2.04. The number of hydrogen-bond acceptors (Lipinski definition) is 3. The fourth-order valence-corrected chi connectivity index (χ4v) is 1.76. The standard InChI is InChI=1S/C12H17NO2/c1-8-3-4-11(14-2)12(5-8)15-10-6-9(13)7-10/h3-5,9-10H,6-7,13H2,1-2H3. The lowest BCUT2D eigenvalue weighted by molar-refractivity contribution is 0.0973. The van der Waals surface area contributed by atoms with Gasteiger partial charge in [-0.25, -0.2) is 0 Å². The summed E-state index contributed by atoms with van der Waals surface area (Å²) in [6.07, 6.45) is 2.14. The van der Waals surface area contributed by atoms with Crippen molar-refractivity contribution >= 4 is 0 Å². The Balaban J connectivity index is 2.08. The highest BCUT2D eigenvalue weighted by Gasteiger charge is 2.28. The highest BCUT2D eigenvalue weighted by atomic mass is 16.5. The zero-order valence-corrected chi connectivity index (χ0v) is 9.19. The molecule has 1 aromatic rings. The van der Waals surface area contributed by atoms with Gasteiger partial charge in [-0.2, -0.15) is 0 Å². The monoisotopic (exact) mass is 207 g/mol. The average molecular weight is 207 g/mol. The Bertz CT molecular complexity index is 345. The predicted molar refractivity (Wildman–Crippen MR) is 59.4 cm³/mol. The van der Waals surface area contributed by atoms with Crippen molar-refractivity contribution in [2.24, 2.45) is 5.73 Å². The summed E-state index contributed by atoms with van der Waals surface area (Å²) in [6, 6.07) is 6.26. The molecule has 1 saturated carbocycles. The molecule has 0 aliphatic heterocycles. The first-order chi connectivity index (χ1) is 7.19. The Kier molecular flexibility index (Phi) is 2.82. The number of nitrogens with two attached hydrogens (primary N) is 1. The Labute approximate surface area is 90.2 Å². The third kappa shape index (κ3) is 2.23. The lowest BCUT2D eigenvalue weighted by Gasteiger charge is -2.33. The highest BCUT2D eigenvalue weighted by Crippen LogP contribution is 2.32. The van der Waals surface area contributed by atoms with Crippen LogP contribution >= 0.6 is 0 Å². The minimum atomic E-state index is 0.260. The lowest BCUT2D eigenvalue weighted by atomic mass is 9.90. The molecule has 0 aromatic heterocycles. The largest absolute Gasteiger partial charge is 0.493 e. The molecule has 1 aliphatic rings. The molecule has 1 aliphatic carbocycles. The third-order valence-electron chi connectivity index (χ3n) is 2.74. The topological polar surface area (TPSA) is 44.5 Å². The first-order valence-corrected chi connectivity index (χ1v) is 5.26. The number of methoxy groups -OCH3 is 1. The number of hydrogen-bond donors (Lipinski definition) is 1. The molecular weight excluding hydrogens is 190 g/mol. The summed E-state index contributed by atoms with van der Waals surface area (Å²) < 4.78 is 11.1. The molecule has 0 amide bonds. The van der Waals surface area contributed by atoms with Crippen LogP contribution in [0.4, 0.5) is 0 Å². The van der Waals surface area contributed by atoms with E-state index in [0.29, 0.717) is 6.04 Å². The second-order valence-corrected chi connectivity index (χ2v) is 4.13. The number of aryl methyl sites for hydroxylation is 1. The van der Waals surface area contributed by atoms with Gasteiger partial charge in [0.25, 0.3) is 0 Å². The van der Waals surface area contributed by atoms with Crippen molar-refractivity contribution in [1.29, 1.82) is 0 Å². The van der Waals surface area contributed by atoms with Gasteiger partial charge < -0.3 is 15.2 Å². The van der Waals surface area contributed by atoms with E-state index < -0.39 is 0 Å². The smallest absolute Gasteiger partial charge is 0.161 e. The second-order valence-electron chi connectivity index (χ2n) is 4.13. The molecule has 2 rings (SSSR count). The minimum absolute atomic E-state index is 0.260. The van der Waals surface area contributed by atoms with Crippen molar-refractivity contribution in [2.75, 3.05) is 7.11 Å². The van der Waals surface area contributed by atoms with Gasteiger partial charge in [0.2, 0.25) is 0 Å². The molecule has 15 heavy (non-hydrogen) atoms. The lowest BCUT2D eigenvalue weighted by Crippen LogP contribution is -2.43. The Morgan fingerprint density at radius 3 is 2.60 bits per heavy atom. The molecule has 2 N–H and O–H groups in total. The van der Waals surface area contributed by atoms with Gasteiger partial charge in [0.15, 0.2) is 11.5 Å². The molecule has 3 nitrogen and oxygen atoms in total. The molecule has 0 saturated heterocycles. The van der Waals surface area contributed by atoms with Crippen LogP contribution in [-0.2, 0) is 0 Å². The Hall–Kier alpha value is -1.22. The van der Waals surface area contributed by atoms with E-state index in [1.54, 1.807) is 7.11 Å². The van der Waals surface area contributed by atoms with Gasteiger partial charge in [0.05, 0.1) is 7.11 Å². The van der Waals surface area contributed by atoms with Crippen LogP contribution in [0.1, 0.15) is 18.4 Å². The maximum absolute atomic E-state index is 5.82. The molecule has 0 heterocycles. The number of ether oxygens (including phenoxy) is 2. The molecule has 1 fully saturated rings. The van der Waals surface area contributed by atoms with E-state index in [2.05, 4.69) is 0 Å². The SMILES string of the molecule is COc1ccc(C)cc1OC1CC(N)C1. The fraction of sp³-hybridized carbons (Fsp3) is 0.500. The van der Waals surface area contributed by atoms with Gasteiger partial charge in [-0.05, 0) is 37.5 Å². The second kappa shape index (κ2) is 4.11. The summed E-state index contributed by atoms with van der Waals surface area (Å²) in [7, 11) is 1.66. The molecular formula is C12H17NO2. The Morgan fingerprint density at radius 2 is 2.00 bits per heavy atom. The molecule has 0 atom stereocenters. The summed E-state index contributed by atoms with van der Waals surface area (Å²) in [5.74, 6) is 1.62. The average Bonchev–Trinajstić information content (AvgIpc) is 2.16. The zero-order chi connectivity index (χ0) is 10.8. The summed E-state index contributed by atoms with van der Waals surface area (Å²) in [5, 5.41) is 0. The summed E-state index contributed by atoms with van der Waals surface area (Å²) >= 11 is 0. The van der Waals surface area contributed by atoms with Crippen LogP contribution in [-0.4, -0.2) is 19.3 Å². The number of rotatable bonds is 3. The van der Waals surface area contributed by atoms with Crippen LogP contribution in [0.5, 0.6) is 11.5 Å². The molecule has 1 aromatic carbocycles. The molecule has 82 valence electrons. The van der Waals surface area contributed by atoms with Gasteiger partial charge in [0, 0.05) is 6.04 Å². The van der Waals surface area contributed by atoms with Gasteiger partial charge in [-0.15, -0.1) is 0 Å². The maximum Gasteiger partial charge on any atom is 0.161 e. The van der Waals surface area contributed by atoms with E-state index in [1.165, 1.54) is 5.56 Å². The van der Waals surface area contributed by atoms with Crippen molar-refractivity contribution in [1.82, 2.24) is 0 Å². The van der Waals surface area contributed by atoms with E-state index in [4.69, 9.17) is 15.2 Å². The van der Waals surface area contributed by atoms with Crippen molar-refractivity contribution in [3.05, 3.63) is 23.8 Å². The van der Waals surface area contributed by atoms with Crippen LogP contribution in [0, 0.1) is 6.92 Å². The van der Waals surface area contributed by atoms with Crippen LogP contribution in [0.15, 0.2) is 18.2 Å². The first-order valence-electron chi connectivity index (χ1n) is 5.26. The van der Waals surface area contributed by atoms with E-state index in [0.717, 1.165) is 24.3 Å². The normalized spacial score (nSPS) is 24.5. The quantitative estimate of drug-likeness (QED) is 0.823. The van der Waals surface area contributed by atoms with Gasteiger partial charge in [0.1, 0.15) is 6.10 Å². The summed E-state index contributed by atoms with van der Waals surface area (Å²) in [4.78, 5) is 0. The van der Waals surface area contributed by atoms with E-state index in [1.807, 2.05) is 25.1 Å². The van der Waals surface area contributed by atoms with Crippen molar-refractivity contribution in [3.8, 4) is 11.5 Å². The maximum atomic E-state index is 5.82. The van der Waals surface area contributed by atoms with Crippen LogP contribution < -0.4 is 15.2 Å². The van der Waals surface area contributed by atoms with Gasteiger partial charge in [-0.1, -0.05) is 6.07 Å². The van der Waals surface area contributed by atoms with Crippen molar-refractivity contribution in [2.45, 2.75) is 31.9 Å². The highest BCUT2D eigenvalue weighted by molar-refractivity contribution is 5.42. The molecule has 0 radical (unpaired) electrons. The molecule has 0 spiro atoms. The summed E-state index contributed by atoms with van der Waals surface area (Å²) in [5.41, 5.74) is 6.89. The molecule has 0 bridgehead atoms. The third-order valence-corrected chi connectivity index (χ3v) is 2.74. The van der Waals surface area contributed by atoms with E-state index >= 15 is 0 Å². The van der Waals surface area contributed by atoms with Crippen molar-refractivity contribution < 1.29 is 9.47 Å². The van der Waals surface area contributed by atoms with Gasteiger partial charge >= 0.3 is 0 Å². The van der Waals surface area contributed by atoms with Gasteiger partial charge in [-0.3, -0.25) is 0 Å².